The molecular weight excluding hydrogens is 244 g/mol. The Kier molecular flexibility index (Phi) is 3.31. The van der Waals surface area contributed by atoms with Gasteiger partial charge in [-0.15, -0.1) is 0 Å². The number of hydrogen-bond acceptors (Lipinski definition) is 1. The van der Waals surface area contributed by atoms with Gasteiger partial charge in [-0.1, -0.05) is 24.3 Å². The van der Waals surface area contributed by atoms with Gasteiger partial charge in [-0.25, -0.2) is 0 Å². The molecule has 0 saturated carbocycles. The lowest BCUT2D eigenvalue weighted by atomic mass is 9.91. The van der Waals surface area contributed by atoms with Gasteiger partial charge in [0.05, 0.1) is 0 Å². The van der Waals surface area contributed by atoms with E-state index in [4.69, 9.17) is 5.73 Å². The van der Waals surface area contributed by atoms with Crippen molar-refractivity contribution < 1.29 is 8.78 Å². The lowest BCUT2D eigenvalue weighted by Crippen LogP contribution is -2.17. The van der Waals surface area contributed by atoms with Gasteiger partial charge in [-0.05, 0) is 49.6 Å². The molecule has 1 nitrogen and oxygen atoms in total. The Bertz CT molecular complexity index is 618. The fraction of sp³-hybridized carbons (Fsp3) is 0.250. The summed E-state index contributed by atoms with van der Waals surface area (Å²) in [5, 5.41) is 0. The second-order valence-corrected chi connectivity index (χ2v) is 4.88. The maximum absolute atomic E-state index is 14.6. The predicted octanol–water partition coefficient (Wildman–Crippen LogP) is 4.33. The van der Waals surface area contributed by atoms with Crippen LogP contribution in [0.25, 0.3) is 0 Å². The van der Waals surface area contributed by atoms with Crippen LogP contribution in [0.5, 0.6) is 0 Å². The Morgan fingerprint density at radius 1 is 0.947 bits per heavy atom. The molecule has 3 heteroatoms. The average molecular weight is 261 g/mol. The Balaban J connectivity index is 2.60. The molecule has 100 valence electrons. The lowest BCUT2D eigenvalue weighted by molar-refractivity contribution is 0.0421. The van der Waals surface area contributed by atoms with Gasteiger partial charge in [-0.2, -0.15) is 8.78 Å². The minimum Gasteiger partial charge on any atom is -0.399 e. The van der Waals surface area contributed by atoms with E-state index in [2.05, 4.69) is 0 Å². The number of nitrogen functional groups attached to an aromatic ring is 1. The molecule has 0 aliphatic carbocycles. The van der Waals surface area contributed by atoms with Crippen LogP contribution in [0.3, 0.4) is 0 Å². The second-order valence-electron chi connectivity index (χ2n) is 4.88. The van der Waals surface area contributed by atoms with Crippen molar-refractivity contribution in [1.82, 2.24) is 0 Å². The van der Waals surface area contributed by atoms with Gasteiger partial charge in [0.15, 0.2) is 0 Å². The van der Waals surface area contributed by atoms with Gasteiger partial charge in [0.1, 0.15) is 0 Å². The van der Waals surface area contributed by atoms with Crippen LogP contribution in [-0.2, 0) is 5.92 Å². The molecule has 0 bridgehead atoms. The van der Waals surface area contributed by atoms with E-state index in [9.17, 15) is 8.78 Å². The van der Waals surface area contributed by atoms with E-state index in [-0.39, 0.29) is 11.1 Å². The standard InChI is InChI=1S/C16H17F2N/c1-10-7-8-15(12(3)11(10)2)16(17,18)13-5-4-6-14(19)9-13/h4-9H,19H2,1-3H3. The van der Waals surface area contributed by atoms with Gasteiger partial charge < -0.3 is 5.73 Å². The molecule has 2 aromatic carbocycles. The van der Waals surface area contributed by atoms with Crippen LogP contribution >= 0.6 is 0 Å². The first-order chi connectivity index (χ1) is 8.84. The van der Waals surface area contributed by atoms with E-state index in [1.54, 1.807) is 25.1 Å². The van der Waals surface area contributed by atoms with Crippen LogP contribution in [0.4, 0.5) is 14.5 Å². The highest BCUT2D eigenvalue weighted by Crippen LogP contribution is 2.39. The molecule has 0 fully saturated rings. The Labute approximate surface area is 112 Å². The number of aryl methyl sites for hydroxylation is 1. The van der Waals surface area contributed by atoms with Gasteiger partial charge in [0.25, 0.3) is 5.92 Å². The zero-order chi connectivity index (χ0) is 14.2. The second kappa shape index (κ2) is 4.65. The van der Waals surface area contributed by atoms with E-state index in [0.29, 0.717) is 11.3 Å². The maximum Gasteiger partial charge on any atom is 0.298 e. The topological polar surface area (TPSA) is 26.0 Å². The summed E-state index contributed by atoms with van der Waals surface area (Å²) >= 11 is 0. The number of benzene rings is 2. The number of halogens is 2. The number of hydrogen-bond donors (Lipinski definition) is 1. The van der Waals surface area contributed by atoms with E-state index in [0.717, 1.165) is 11.1 Å². The Hall–Kier alpha value is -1.90. The Morgan fingerprint density at radius 3 is 2.26 bits per heavy atom. The summed E-state index contributed by atoms with van der Waals surface area (Å²) in [6, 6.07) is 9.13. The number of rotatable bonds is 2. The number of anilines is 1. The molecule has 0 aromatic heterocycles. The summed E-state index contributed by atoms with van der Waals surface area (Å²) in [5.74, 6) is -3.03. The molecule has 0 heterocycles. The molecular formula is C16H17F2N. The molecule has 0 atom stereocenters. The lowest BCUT2D eigenvalue weighted by Gasteiger charge is -2.21. The molecule has 2 rings (SSSR count). The third-order valence-electron chi connectivity index (χ3n) is 3.65. The van der Waals surface area contributed by atoms with E-state index < -0.39 is 5.92 Å². The molecule has 2 aromatic rings. The summed E-state index contributed by atoms with van der Waals surface area (Å²) in [6.07, 6.45) is 0. The highest BCUT2D eigenvalue weighted by Gasteiger charge is 2.35. The first kappa shape index (κ1) is 13.5. The maximum atomic E-state index is 14.6. The molecule has 0 spiro atoms. The minimum absolute atomic E-state index is 0.0428. The SMILES string of the molecule is Cc1ccc(C(F)(F)c2cccc(N)c2)c(C)c1C. The van der Waals surface area contributed by atoms with Gasteiger partial charge >= 0.3 is 0 Å². The molecule has 2 N–H and O–H groups in total. The summed E-state index contributed by atoms with van der Waals surface area (Å²) in [6.45, 7) is 5.52. The largest absolute Gasteiger partial charge is 0.399 e. The first-order valence-corrected chi connectivity index (χ1v) is 6.15. The van der Waals surface area contributed by atoms with Crippen molar-refractivity contribution in [3.63, 3.8) is 0 Å². The third-order valence-corrected chi connectivity index (χ3v) is 3.65. The van der Waals surface area contributed by atoms with Crippen LogP contribution in [-0.4, -0.2) is 0 Å². The third kappa shape index (κ3) is 2.33. The molecule has 19 heavy (non-hydrogen) atoms. The zero-order valence-corrected chi connectivity index (χ0v) is 11.3. The summed E-state index contributed by atoms with van der Waals surface area (Å²) < 4.78 is 29.2. The molecule has 0 unspecified atom stereocenters. The van der Waals surface area contributed by atoms with Crippen LogP contribution in [0, 0.1) is 20.8 Å². The van der Waals surface area contributed by atoms with Crippen molar-refractivity contribution in [2.24, 2.45) is 0 Å². The quantitative estimate of drug-likeness (QED) is 0.800. The van der Waals surface area contributed by atoms with E-state index >= 15 is 0 Å². The molecule has 0 amide bonds. The predicted molar refractivity (Wildman–Crippen MR) is 74.5 cm³/mol. The number of alkyl halides is 2. The van der Waals surface area contributed by atoms with Crippen LogP contribution < -0.4 is 5.73 Å². The molecule has 0 saturated heterocycles. The fourth-order valence-electron chi connectivity index (χ4n) is 2.19. The monoisotopic (exact) mass is 261 g/mol. The van der Waals surface area contributed by atoms with E-state index in [1.807, 2.05) is 13.8 Å². The van der Waals surface area contributed by atoms with Crippen LogP contribution in [0.15, 0.2) is 36.4 Å². The van der Waals surface area contributed by atoms with Crippen LogP contribution in [0.2, 0.25) is 0 Å². The smallest absolute Gasteiger partial charge is 0.298 e. The van der Waals surface area contributed by atoms with Gasteiger partial charge in [0.2, 0.25) is 0 Å². The average Bonchev–Trinajstić information content (AvgIpc) is 2.36. The Morgan fingerprint density at radius 2 is 1.63 bits per heavy atom. The van der Waals surface area contributed by atoms with Crippen molar-refractivity contribution >= 4 is 5.69 Å². The molecule has 0 aliphatic heterocycles. The highest BCUT2D eigenvalue weighted by molar-refractivity contribution is 5.48. The summed E-state index contributed by atoms with van der Waals surface area (Å²) in [7, 11) is 0. The van der Waals surface area contributed by atoms with Crippen LogP contribution in [0.1, 0.15) is 27.8 Å². The minimum atomic E-state index is -3.03. The van der Waals surface area contributed by atoms with Gasteiger partial charge in [0, 0.05) is 16.8 Å². The number of nitrogens with two attached hydrogens (primary N) is 1. The zero-order valence-electron chi connectivity index (χ0n) is 11.3. The highest BCUT2D eigenvalue weighted by atomic mass is 19.3. The van der Waals surface area contributed by atoms with Crippen molar-refractivity contribution in [3.8, 4) is 0 Å². The normalized spacial score (nSPS) is 11.6. The summed E-state index contributed by atoms with van der Waals surface area (Å²) in [5.41, 5.74) is 8.46. The molecule has 0 radical (unpaired) electrons. The van der Waals surface area contributed by atoms with Crippen molar-refractivity contribution in [1.29, 1.82) is 0 Å². The van der Waals surface area contributed by atoms with Crippen molar-refractivity contribution in [2.75, 3.05) is 5.73 Å². The summed E-state index contributed by atoms with van der Waals surface area (Å²) in [4.78, 5) is 0. The van der Waals surface area contributed by atoms with E-state index in [1.165, 1.54) is 18.2 Å². The first-order valence-electron chi connectivity index (χ1n) is 6.15. The van der Waals surface area contributed by atoms with Crippen molar-refractivity contribution in [2.45, 2.75) is 26.7 Å². The van der Waals surface area contributed by atoms with Crippen molar-refractivity contribution in [3.05, 3.63) is 64.2 Å². The fourth-order valence-corrected chi connectivity index (χ4v) is 2.19. The van der Waals surface area contributed by atoms with Gasteiger partial charge in [-0.3, -0.25) is 0 Å². The molecule has 0 aliphatic rings.